The Bertz CT molecular complexity index is 597. The average Bonchev–Trinajstić information content (AvgIpc) is 2.47. The molecule has 146 valence electrons. The molecule has 26 heavy (non-hydrogen) atoms. The van der Waals surface area contributed by atoms with Crippen molar-refractivity contribution in [1.29, 1.82) is 0 Å². The molecule has 0 unspecified atom stereocenters. The Labute approximate surface area is 163 Å². The Balaban J connectivity index is 0.000000660. The van der Waals surface area contributed by atoms with E-state index in [9.17, 15) is 14.4 Å². The van der Waals surface area contributed by atoms with E-state index in [1.165, 1.54) is 6.92 Å². The molecule has 0 aromatic heterocycles. The van der Waals surface area contributed by atoms with Crippen LogP contribution in [0, 0.1) is 0 Å². The SMILES string of the molecule is CC(=O)OC(C)(C)C.CCC[C@H](NC(=O)Nc1ccc(Br)cc1)C(N)=O. The van der Waals surface area contributed by atoms with Crippen LogP contribution in [0.3, 0.4) is 0 Å². The maximum Gasteiger partial charge on any atom is 0.319 e. The van der Waals surface area contributed by atoms with Crippen LogP contribution in [-0.4, -0.2) is 29.6 Å². The number of benzene rings is 1. The molecule has 0 aliphatic rings. The smallest absolute Gasteiger partial charge is 0.319 e. The fourth-order valence-corrected chi connectivity index (χ4v) is 2.13. The number of hydrogen-bond donors (Lipinski definition) is 3. The molecule has 7 nitrogen and oxygen atoms in total. The Morgan fingerprint density at radius 1 is 1.19 bits per heavy atom. The van der Waals surface area contributed by atoms with Gasteiger partial charge in [-0.05, 0) is 51.5 Å². The summed E-state index contributed by atoms with van der Waals surface area (Å²) < 4.78 is 5.72. The van der Waals surface area contributed by atoms with Gasteiger partial charge in [-0.25, -0.2) is 4.79 Å². The average molecular weight is 430 g/mol. The molecule has 1 atom stereocenters. The lowest BCUT2D eigenvalue weighted by molar-refractivity contribution is -0.151. The summed E-state index contributed by atoms with van der Waals surface area (Å²) in [6, 6.07) is 6.06. The van der Waals surface area contributed by atoms with Gasteiger partial charge in [-0.2, -0.15) is 0 Å². The van der Waals surface area contributed by atoms with E-state index in [0.29, 0.717) is 12.1 Å². The molecule has 0 spiro atoms. The zero-order chi connectivity index (χ0) is 20.3. The molecule has 0 saturated heterocycles. The maximum atomic E-state index is 11.6. The number of rotatable bonds is 5. The number of esters is 1. The number of amides is 3. The van der Waals surface area contributed by atoms with E-state index in [4.69, 9.17) is 10.5 Å². The molecule has 1 rings (SSSR count). The highest BCUT2D eigenvalue weighted by Crippen LogP contribution is 2.14. The van der Waals surface area contributed by atoms with Crippen LogP contribution in [0.15, 0.2) is 28.7 Å². The fraction of sp³-hybridized carbons (Fsp3) is 0.500. The van der Waals surface area contributed by atoms with Crippen molar-refractivity contribution in [2.24, 2.45) is 5.73 Å². The van der Waals surface area contributed by atoms with Gasteiger partial charge in [0.15, 0.2) is 0 Å². The first-order chi connectivity index (χ1) is 11.9. The molecule has 0 radical (unpaired) electrons. The molecule has 4 N–H and O–H groups in total. The summed E-state index contributed by atoms with van der Waals surface area (Å²) in [4.78, 5) is 33.0. The molecule has 0 fully saturated rings. The Morgan fingerprint density at radius 3 is 2.08 bits per heavy atom. The largest absolute Gasteiger partial charge is 0.460 e. The van der Waals surface area contributed by atoms with Crippen LogP contribution in [0.2, 0.25) is 0 Å². The van der Waals surface area contributed by atoms with Gasteiger partial charge in [0.2, 0.25) is 5.91 Å². The van der Waals surface area contributed by atoms with E-state index in [1.807, 2.05) is 39.8 Å². The number of halogens is 1. The summed E-state index contributed by atoms with van der Waals surface area (Å²) in [5.74, 6) is -0.750. The van der Waals surface area contributed by atoms with E-state index in [2.05, 4.69) is 26.6 Å². The summed E-state index contributed by atoms with van der Waals surface area (Å²) in [6.45, 7) is 8.85. The van der Waals surface area contributed by atoms with Gasteiger partial charge >= 0.3 is 12.0 Å². The second kappa shape index (κ2) is 11.5. The molecular weight excluding hydrogens is 402 g/mol. The molecule has 3 amide bonds. The molecule has 1 aromatic carbocycles. The summed E-state index contributed by atoms with van der Waals surface area (Å²) in [7, 11) is 0. The van der Waals surface area contributed by atoms with Crippen LogP contribution in [0.1, 0.15) is 47.5 Å². The molecule has 0 saturated carbocycles. The molecular formula is C18H28BrN3O4. The van der Waals surface area contributed by atoms with Crippen LogP contribution in [0.5, 0.6) is 0 Å². The third-order valence-corrected chi connectivity index (χ3v) is 3.31. The third-order valence-electron chi connectivity index (χ3n) is 2.78. The predicted octanol–water partition coefficient (Wildman–Crippen LogP) is 3.57. The summed E-state index contributed by atoms with van der Waals surface area (Å²) in [5.41, 5.74) is 5.52. The van der Waals surface area contributed by atoms with Crippen molar-refractivity contribution in [2.75, 3.05) is 5.32 Å². The highest BCUT2D eigenvalue weighted by molar-refractivity contribution is 9.10. The Morgan fingerprint density at radius 2 is 1.73 bits per heavy atom. The van der Waals surface area contributed by atoms with E-state index in [0.717, 1.165) is 10.9 Å². The molecule has 1 aromatic rings. The minimum atomic E-state index is -0.634. The summed E-state index contributed by atoms with van der Waals surface area (Å²) in [6.07, 6.45) is 1.30. The number of primary amides is 1. The number of carbonyl (C=O) groups is 3. The van der Waals surface area contributed by atoms with Crippen molar-refractivity contribution in [1.82, 2.24) is 5.32 Å². The van der Waals surface area contributed by atoms with Crippen LogP contribution in [0.25, 0.3) is 0 Å². The zero-order valence-electron chi connectivity index (χ0n) is 15.9. The van der Waals surface area contributed by atoms with Gasteiger partial charge in [0.25, 0.3) is 0 Å². The lowest BCUT2D eigenvalue weighted by Gasteiger charge is -2.17. The number of hydrogen-bond acceptors (Lipinski definition) is 4. The molecule has 0 heterocycles. The van der Waals surface area contributed by atoms with Crippen LogP contribution < -0.4 is 16.4 Å². The fourth-order valence-electron chi connectivity index (χ4n) is 1.86. The number of nitrogens with one attached hydrogen (secondary N) is 2. The van der Waals surface area contributed by atoms with E-state index in [-0.39, 0.29) is 11.6 Å². The van der Waals surface area contributed by atoms with E-state index >= 15 is 0 Å². The van der Waals surface area contributed by atoms with Crippen molar-refractivity contribution in [3.05, 3.63) is 28.7 Å². The van der Waals surface area contributed by atoms with Gasteiger partial charge < -0.3 is 21.1 Å². The van der Waals surface area contributed by atoms with Crippen LogP contribution in [-0.2, 0) is 14.3 Å². The molecule has 8 heteroatoms. The number of carbonyl (C=O) groups excluding carboxylic acids is 3. The lowest BCUT2D eigenvalue weighted by atomic mass is 10.1. The number of ether oxygens (including phenoxy) is 1. The van der Waals surface area contributed by atoms with Crippen molar-refractivity contribution in [2.45, 2.75) is 59.1 Å². The van der Waals surface area contributed by atoms with Crippen molar-refractivity contribution in [3.8, 4) is 0 Å². The third kappa shape index (κ3) is 12.3. The highest BCUT2D eigenvalue weighted by Gasteiger charge is 2.16. The highest BCUT2D eigenvalue weighted by atomic mass is 79.9. The molecule has 0 bridgehead atoms. The summed E-state index contributed by atoms with van der Waals surface area (Å²) >= 11 is 3.30. The first-order valence-corrected chi connectivity index (χ1v) is 9.06. The Hall–Kier alpha value is -2.09. The number of nitrogens with two attached hydrogens (primary N) is 1. The van der Waals surface area contributed by atoms with Crippen molar-refractivity contribution in [3.63, 3.8) is 0 Å². The van der Waals surface area contributed by atoms with Crippen LogP contribution in [0.4, 0.5) is 10.5 Å². The van der Waals surface area contributed by atoms with Crippen LogP contribution >= 0.6 is 15.9 Å². The number of urea groups is 1. The standard InChI is InChI=1S/C12H16BrN3O2.C6H12O2/c1-2-3-10(11(14)17)16-12(18)15-9-6-4-8(13)5-7-9;1-5(7)8-6(2,3)4/h4-7,10H,2-3H2,1H3,(H2,14,17)(H2,15,16,18);1-4H3/t10-;/m0./s1. The van der Waals surface area contributed by atoms with Gasteiger partial charge in [0.05, 0.1) is 0 Å². The van der Waals surface area contributed by atoms with E-state index < -0.39 is 18.0 Å². The maximum absolute atomic E-state index is 11.6. The first-order valence-electron chi connectivity index (χ1n) is 8.26. The minimum absolute atomic E-state index is 0.225. The second-order valence-electron chi connectivity index (χ2n) is 6.56. The number of anilines is 1. The van der Waals surface area contributed by atoms with Gasteiger partial charge in [-0.1, -0.05) is 29.3 Å². The molecule has 0 aliphatic carbocycles. The lowest BCUT2D eigenvalue weighted by Crippen LogP contribution is -2.46. The summed E-state index contributed by atoms with van der Waals surface area (Å²) in [5, 5.41) is 5.18. The monoisotopic (exact) mass is 429 g/mol. The topological polar surface area (TPSA) is 111 Å². The first kappa shape index (κ1) is 23.9. The minimum Gasteiger partial charge on any atom is -0.460 e. The normalized spacial score (nSPS) is 11.5. The van der Waals surface area contributed by atoms with Gasteiger partial charge in [0.1, 0.15) is 11.6 Å². The quantitative estimate of drug-likeness (QED) is 0.620. The predicted molar refractivity (Wildman–Crippen MR) is 106 cm³/mol. The zero-order valence-corrected chi connectivity index (χ0v) is 17.5. The molecule has 0 aliphatic heterocycles. The van der Waals surface area contributed by atoms with Crippen molar-refractivity contribution < 1.29 is 19.1 Å². The van der Waals surface area contributed by atoms with Gasteiger partial charge in [-0.3, -0.25) is 9.59 Å². The van der Waals surface area contributed by atoms with Gasteiger partial charge in [0, 0.05) is 17.1 Å². The van der Waals surface area contributed by atoms with Crippen molar-refractivity contribution >= 4 is 39.5 Å². The second-order valence-corrected chi connectivity index (χ2v) is 7.47. The van der Waals surface area contributed by atoms with E-state index in [1.54, 1.807) is 12.1 Å². The Kier molecular flexibility index (Phi) is 10.6. The van der Waals surface area contributed by atoms with Gasteiger partial charge in [-0.15, -0.1) is 0 Å².